The van der Waals surface area contributed by atoms with Gasteiger partial charge in [0.2, 0.25) is 5.91 Å². The molecule has 2 aromatic carbocycles. The number of benzene rings is 2. The molecule has 4 rings (SSSR count). The lowest BCUT2D eigenvalue weighted by Crippen LogP contribution is -2.17. The van der Waals surface area contributed by atoms with Gasteiger partial charge in [0, 0.05) is 31.1 Å². The summed E-state index contributed by atoms with van der Waals surface area (Å²) in [7, 11) is 0. The van der Waals surface area contributed by atoms with E-state index in [0.717, 1.165) is 17.4 Å². The summed E-state index contributed by atoms with van der Waals surface area (Å²) in [5.74, 6) is 3.54. The van der Waals surface area contributed by atoms with Crippen LogP contribution in [0.3, 0.4) is 0 Å². The van der Waals surface area contributed by atoms with Crippen LogP contribution in [0.5, 0.6) is 17.2 Å². The molecule has 0 unspecified atom stereocenters. The van der Waals surface area contributed by atoms with Crippen LogP contribution in [-0.2, 0) is 24.4 Å². The summed E-state index contributed by atoms with van der Waals surface area (Å²) in [4.78, 5) is 12.4. The van der Waals surface area contributed by atoms with Gasteiger partial charge < -0.3 is 24.1 Å². The topological polar surface area (TPSA) is 87.5 Å². The average molecular weight is 422 g/mol. The monoisotopic (exact) mass is 422 g/mol. The van der Waals surface area contributed by atoms with Gasteiger partial charge in [-0.3, -0.25) is 4.79 Å². The van der Waals surface area contributed by atoms with Gasteiger partial charge in [-0.05, 0) is 38.1 Å². The highest BCUT2D eigenvalue weighted by atomic mass is 16.6. The number of carbonyl (C=O) groups excluding carboxylic acids is 1. The minimum absolute atomic E-state index is 0.0974. The molecule has 0 saturated heterocycles. The fourth-order valence-electron chi connectivity index (χ4n) is 3.38. The fourth-order valence-corrected chi connectivity index (χ4v) is 3.38. The zero-order valence-electron chi connectivity index (χ0n) is 17.8. The van der Waals surface area contributed by atoms with Crippen molar-refractivity contribution >= 4 is 11.6 Å². The van der Waals surface area contributed by atoms with Gasteiger partial charge in [-0.15, -0.1) is 10.2 Å². The zero-order valence-corrected chi connectivity index (χ0v) is 17.8. The number of ether oxygens (including phenoxy) is 3. The summed E-state index contributed by atoms with van der Waals surface area (Å²) in [6.45, 7) is 6.14. The van der Waals surface area contributed by atoms with Gasteiger partial charge in [0.1, 0.15) is 31.4 Å². The molecular formula is C23H26N4O4. The zero-order chi connectivity index (χ0) is 21.6. The van der Waals surface area contributed by atoms with Crippen LogP contribution < -0.4 is 19.5 Å². The van der Waals surface area contributed by atoms with E-state index in [1.807, 2.05) is 42.7 Å². The molecule has 1 amide bonds. The number of aromatic nitrogens is 3. The Hall–Kier alpha value is -3.55. The molecule has 0 saturated carbocycles. The molecule has 3 aromatic rings. The van der Waals surface area contributed by atoms with Gasteiger partial charge in [0.25, 0.3) is 0 Å². The molecule has 31 heavy (non-hydrogen) atoms. The van der Waals surface area contributed by atoms with E-state index in [1.165, 1.54) is 5.56 Å². The van der Waals surface area contributed by atoms with Crippen molar-refractivity contribution in [2.24, 2.45) is 0 Å². The minimum Gasteiger partial charge on any atom is -0.486 e. The van der Waals surface area contributed by atoms with Gasteiger partial charge in [-0.25, -0.2) is 0 Å². The first-order chi connectivity index (χ1) is 15.1. The predicted molar refractivity (Wildman–Crippen MR) is 116 cm³/mol. The maximum Gasteiger partial charge on any atom is 0.224 e. The largest absolute Gasteiger partial charge is 0.486 e. The Kier molecular flexibility index (Phi) is 6.35. The molecule has 0 fully saturated rings. The number of hydrogen-bond acceptors (Lipinski definition) is 6. The summed E-state index contributed by atoms with van der Waals surface area (Å²) >= 11 is 0. The molecule has 0 radical (unpaired) electrons. The Morgan fingerprint density at radius 1 is 1.06 bits per heavy atom. The van der Waals surface area contributed by atoms with Crippen LogP contribution in [0.2, 0.25) is 0 Å². The number of hydrogen-bond donors (Lipinski definition) is 1. The molecule has 8 heteroatoms. The van der Waals surface area contributed by atoms with Gasteiger partial charge in [-0.1, -0.05) is 17.7 Å². The second-order valence-electron chi connectivity index (χ2n) is 7.29. The summed E-state index contributed by atoms with van der Waals surface area (Å²) in [6.07, 6.45) is 0.785. The van der Waals surface area contributed by atoms with Crippen molar-refractivity contribution in [1.82, 2.24) is 14.8 Å². The van der Waals surface area contributed by atoms with E-state index in [9.17, 15) is 4.79 Å². The lowest BCUT2D eigenvalue weighted by Gasteiger charge is -2.19. The number of fused-ring (bicyclic) bond motifs is 1. The average Bonchev–Trinajstić information content (AvgIpc) is 3.19. The van der Waals surface area contributed by atoms with Gasteiger partial charge in [0.15, 0.2) is 17.3 Å². The van der Waals surface area contributed by atoms with Crippen LogP contribution in [0.25, 0.3) is 0 Å². The van der Waals surface area contributed by atoms with Crippen molar-refractivity contribution in [3.63, 3.8) is 0 Å². The van der Waals surface area contributed by atoms with Crippen LogP contribution >= 0.6 is 0 Å². The molecule has 0 aliphatic carbocycles. The number of nitrogens with one attached hydrogen (secondary N) is 1. The molecule has 1 aliphatic heterocycles. The first-order valence-electron chi connectivity index (χ1n) is 10.4. The second-order valence-corrected chi connectivity index (χ2v) is 7.29. The molecule has 0 bridgehead atoms. The SMILES string of the molecule is CCn1c(CCC(=O)Nc2ccc3c(c2)OCCO3)nnc1COc1ccc(C)cc1. The van der Waals surface area contributed by atoms with E-state index in [4.69, 9.17) is 14.2 Å². The van der Waals surface area contributed by atoms with Crippen molar-refractivity contribution in [3.8, 4) is 17.2 Å². The van der Waals surface area contributed by atoms with Gasteiger partial charge >= 0.3 is 0 Å². The maximum absolute atomic E-state index is 12.4. The summed E-state index contributed by atoms with van der Waals surface area (Å²) in [6, 6.07) is 13.3. The fraction of sp³-hybridized carbons (Fsp3) is 0.348. The van der Waals surface area contributed by atoms with Crippen LogP contribution in [0.15, 0.2) is 42.5 Å². The summed E-state index contributed by atoms with van der Waals surface area (Å²) in [5.41, 5.74) is 1.86. The number of carbonyl (C=O) groups is 1. The highest BCUT2D eigenvalue weighted by Gasteiger charge is 2.15. The molecule has 0 spiro atoms. The van der Waals surface area contributed by atoms with Crippen molar-refractivity contribution < 1.29 is 19.0 Å². The van der Waals surface area contributed by atoms with Crippen LogP contribution in [0, 0.1) is 6.92 Å². The van der Waals surface area contributed by atoms with Crippen molar-refractivity contribution in [2.75, 3.05) is 18.5 Å². The molecule has 8 nitrogen and oxygen atoms in total. The van der Waals surface area contributed by atoms with Gasteiger partial charge in [-0.2, -0.15) is 0 Å². The van der Waals surface area contributed by atoms with Crippen molar-refractivity contribution in [1.29, 1.82) is 0 Å². The van der Waals surface area contributed by atoms with E-state index in [-0.39, 0.29) is 5.91 Å². The Labute approximate surface area is 181 Å². The Balaban J connectivity index is 1.32. The molecule has 1 aliphatic rings. The first kappa shape index (κ1) is 20.7. The number of aryl methyl sites for hydroxylation is 2. The summed E-state index contributed by atoms with van der Waals surface area (Å²) < 4.78 is 18.9. The van der Waals surface area contributed by atoms with E-state index in [0.29, 0.717) is 56.4 Å². The number of rotatable bonds is 8. The first-order valence-corrected chi connectivity index (χ1v) is 10.4. The standard InChI is InChI=1S/C23H26N4O4/c1-3-27-21(25-26-22(27)15-31-18-7-4-16(2)5-8-18)10-11-23(28)24-17-6-9-19-20(14-17)30-13-12-29-19/h4-9,14H,3,10-13,15H2,1-2H3,(H,24,28). The van der Waals surface area contributed by atoms with E-state index in [2.05, 4.69) is 15.5 Å². The molecule has 0 atom stereocenters. The van der Waals surface area contributed by atoms with Crippen LogP contribution in [0.4, 0.5) is 5.69 Å². The normalized spacial score (nSPS) is 12.5. The van der Waals surface area contributed by atoms with Crippen molar-refractivity contribution in [2.45, 2.75) is 39.8 Å². The molecule has 1 aromatic heterocycles. The van der Waals surface area contributed by atoms with E-state index < -0.39 is 0 Å². The lowest BCUT2D eigenvalue weighted by molar-refractivity contribution is -0.116. The predicted octanol–water partition coefficient (Wildman–Crippen LogP) is 3.53. The smallest absolute Gasteiger partial charge is 0.224 e. The maximum atomic E-state index is 12.4. The molecule has 2 heterocycles. The number of amides is 1. The molecule has 1 N–H and O–H groups in total. The molecule has 162 valence electrons. The van der Waals surface area contributed by atoms with Crippen LogP contribution in [-0.4, -0.2) is 33.9 Å². The third kappa shape index (κ3) is 5.14. The number of nitrogens with zero attached hydrogens (tertiary/aromatic N) is 3. The molecular weight excluding hydrogens is 396 g/mol. The Morgan fingerprint density at radius 2 is 1.81 bits per heavy atom. The number of anilines is 1. The summed E-state index contributed by atoms with van der Waals surface area (Å²) in [5, 5.41) is 11.4. The second kappa shape index (κ2) is 9.51. The third-order valence-corrected chi connectivity index (χ3v) is 5.01. The van der Waals surface area contributed by atoms with Crippen LogP contribution in [0.1, 0.15) is 30.6 Å². The quantitative estimate of drug-likeness (QED) is 0.598. The highest BCUT2D eigenvalue weighted by molar-refractivity contribution is 5.91. The van der Waals surface area contributed by atoms with Gasteiger partial charge in [0.05, 0.1) is 0 Å². The van der Waals surface area contributed by atoms with Crippen molar-refractivity contribution in [3.05, 3.63) is 59.7 Å². The highest BCUT2D eigenvalue weighted by Crippen LogP contribution is 2.32. The lowest BCUT2D eigenvalue weighted by atomic mass is 10.2. The Morgan fingerprint density at radius 3 is 2.58 bits per heavy atom. The minimum atomic E-state index is -0.0974. The third-order valence-electron chi connectivity index (χ3n) is 5.01. The Bertz CT molecular complexity index is 1050. The van der Waals surface area contributed by atoms with E-state index in [1.54, 1.807) is 18.2 Å². The van der Waals surface area contributed by atoms with E-state index >= 15 is 0 Å².